The molecule has 0 aliphatic heterocycles. The number of rotatable bonds is 2. The summed E-state index contributed by atoms with van der Waals surface area (Å²) in [6.45, 7) is 0. The highest BCUT2D eigenvalue weighted by atomic mass is 32.2. The molecule has 0 saturated carbocycles. The zero-order valence-electron chi connectivity index (χ0n) is 6.52. The van der Waals surface area contributed by atoms with E-state index >= 15 is 0 Å². The van der Waals surface area contributed by atoms with Crippen molar-refractivity contribution in [2.45, 2.75) is 11.4 Å². The summed E-state index contributed by atoms with van der Waals surface area (Å²) < 4.78 is 10.9. The largest absolute Gasteiger partial charge is 0.610 e. The summed E-state index contributed by atoms with van der Waals surface area (Å²) in [7, 11) is 0. The number of hydrogen-bond acceptors (Lipinski definition) is 4. The summed E-state index contributed by atoms with van der Waals surface area (Å²) >= 11 is -1.10. The van der Waals surface area contributed by atoms with Crippen LogP contribution in [0.4, 0.5) is 0 Å². The van der Waals surface area contributed by atoms with Crippen LogP contribution in [0.15, 0.2) is 17.4 Å². The normalized spacial score (nSPS) is 12.1. The Morgan fingerprint density at radius 2 is 2.42 bits per heavy atom. The van der Waals surface area contributed by atoms with Gasteiger partial charge in [-0.1, -0.05) is 0 Å². The first-order valence-corrected chi connectivity index (χ1v) is 4.81. The maximum atomic E-state index is 10.9. The molecule has 0 aromatic carbocycles. The molecule has 0 aliphatic rings. The molecule has 1 aromatic heterocycles. The van der Waals surface area contributed by atoms with Crippen molar-refractivity contribution in [3.05, 3.63) is 18.1 Å². The van der Waals surface area contributed by atoms with Crippen molar-refractivity contribution < 1.29 is 4.55 Å². The van der Waals surface area contributed by atoms with Gasteiger partial charge in [0.1, 0.15) is 12.6 Å². The SMILES string of the molecule is C[S+]([O-])c1cc(CC#N)ncn1. The summed E-state index contributed by atoms with van der Waals surface area (Å²) in [4.78, 5) is 7.64. The summed E-state index contributed by atoms with van der Waals surface area (Å²) in [5, 5.41) is 8.83. The smallest absolute Gasteiger partial charge is 0.247 e. The second-order valence-electron chi connectivity index (χ2n) is 2.14. The van der Waals surface area contributed by atoms with E-state index in [1.165, 1.54) is 6.33 Å². The Hall–Kier alpha value is -1.12. The molecule has 0 fully saturated rings. The van der Waals surface area contributed by atoms with Gasteiger partial charge >= 0.3 is 0 Å². The van der Waals surface area contributed by atoms with E-state index in [2.05, 4.69) is 9.97 Å². The average molecular weight is 181 g/mol. The van der Waals surface area contributed by atoms with Gasteiger partial charge in [-0.2, -0.15) is 10.2 Å². The van der Waals surface area contributed by atoms with Crippen LogP contribution >= 0.6 is 0 Å². The highest BCUT2D eigenvalue weighted by molar-refractivity contribution is 7.90. The Bertz CT molecular complexity index is 308. The van der Waals surface area contributed by atoms with Gasteiger partial charge in [0.2, 0.25) is 5.03 Å². The maximum absolute atomic E-state index is 10.9. The lowest BCUT2D eigenvalue weighted by atomic mass is 10.3. The summed E-state index contributed by atoms with van der Waals surface area (Å²) in [6.07, 6.45) is 3.09. The molecule has 0 aliphatic carbocycles. The monoisotopic (exact) mass is 181 g/mol. The van der Waals surface area contributed by atoms with E-state index in [4.69, 9.17) is 5.26 Å². The fourth-order valence-electron chi connectivity index (χ4n) is 0.712. The van der Waals surface area contributed by atoms with Crippen molar-refractivity contribution in [1.29, 1.82) is 5.26 Å². The summed E-state index contributed by atoms with van der Waals surface area (Å²) in [6, 6.07) is 3.54. The van der Waals surface area contributed by atoms with Gasteiger partial charge in [-0.3, -0.25) is 0 Å². The molecule has 0 amide bonds. The van der Waals surface area contributed by atoms with Gasteiger partial charge < -0.3 is 4.55 Å². The van der Waals surface area contributed by atoms with E-state index in [0.717, 1.165) is 0 Å². The van der Waals surface area contributed by atoms with E-state index in [9.17, 15) is 4.55 Å². The fraction of sp³-hybridized carbons (Fsp3) is 0.286. The molecule has 1 atom stereocenters. The molecule has 5 heteroatoms. The lowest BCUT2D eigenvalue weighted by molar-refractivity contribution is 0.596. The molecule has 0 radical (unpaired) electrons. The van der Waals surface area contributed by atoms with Crippen molar-refractivity contribution in [3.63, 3.8) is 0 Å². The van der Waals surface area contributed by atoms with Gasteiger partial charge in [-0.25, -0.2) is 4.98 Å². The van der Waals surface area contributed by atoms with Gasteiger partial charge in [-0.05, 0) is 0 Å². The molecule has 62 valence electrons. The van der Waals surface area contributed by atoms with Crippen LogP contribution in [0.1, 0.15) is 5.69 Å². The van der Waals surface area contributed by atoms with Crippen LogP contribution in [-0.2, 0) is 17.6 Å². The number of aromatic nitrogens is 2. The standard InChI is InChI=1S/C7H7N3OS/c1-12(11)7-4-6(2-3-8)9-5-10-7/h4-5H,2H2,1H3. The molecular formula is C7H7N3OS. The van der Waals surface area contributed by atoms with Crippen LogP contribution in [0.2, 0.25) is 0 Å². The quantitative estimate of drug-likeness (QED) is 0.485. The first-order chi connectivity index (χ1) is 5.74. The maximum Gasteiger partial charge on any atom is 0.247 e. The van der Waals surface area contributed by atoms with E-state index in [-0.39, 0.29) is 6.42 Å². The average Bonchev–Trinajstić information content (AvgIpc) is 2.05. The molecule has 1 unspecified atom stereocenters. The van der Waals surface area contributed by atoms with E-state index in [0.29, 0.717) is 10.7 Å². The number of nitriles is 1. The zero-order chi connectivity index (χ0) is 8.97. The lowest BCUT2D eigenvalue weighted by Gasteiger charge is -2.02. The first kappa shape index (κ1) is 8.97. The van der Waals surface area contributed by atoms with Gasteiger partial charge in [0.25, 0.3) is 0 Å². The van der Waals surface area contributed by atoms with Crippen LogP contribution in [0.5, 0.6) is 0 Å². The van der Waals surface area contributed by atoms with Crippen LogP contribution in [0, 0.1) is 11.3 Å². The Balaban J connectivity index is 2.90. The topological polar surface area (TPSA) is 72.6 Å². The molecule has 12 heavy (non-hydrogen) atoms. The van der Waals surface area contributed by atoms with E-state index < -0.39 is 11.2 Å². The Morgan fingerprint density at radius 1 is 1.67 bits per heavy atom. The van der Waals surface area contributed by atoms with Gasteiger partial charge in [-0.15, -0.1) is 0 Å². The zero-order valence-corrected chi connectivity index (χ0v) is 7.34. The van der Waals surface area contributed by atoms with Crippen molar-refractivity contribution in [1.82, 2.24) is 9.97 Å². The summed E-state index contributed by atoms with van der Waals surface area (Å²) in [5.41, 5.74) is 0.609. The molecule has 1 heterocycles. The molecule has 0 N–H and O–H groups in total. The van der Waals surface area contributed by atoms with Crippen LogP contribution in [0.3, 0.4) is 0 Å². The summed E-state index contributed by atoms with van der Waals surface area (Å²) in [5.74, 6) is 0. The number of nitrogens with zero attached hydrogens (tertiary/aromatic N) is 3. The fourth-order valence-corrected chi connectivity index (χ4v) is 1.21. The minimum Gasteiger partial charge on any atom is -0.610 e. The molecule has 1 rings (SSSR count). The predicted octanol–water partition coefficient (Wildman–Crippen LogP) is 0.280. The minimum atomic E-state index is -1.10. The molecule has 0 spiro atoms. The molecule has 0 saturated heterocycles. The Labute approximate surface area is 73.5 Å². The third-order valence-corrected chi connectivity index (χ3v) is 2.07. The van der Waals surface area contributed by atoms with Crippen LogP contribution in [-0.4, -0.2) is 20.8 Å². The van der Waals surface area contributed by atoms with Gasteiger partial charge in [0, 0.05) is 17.2 Å². The molecular weight excluding hydrogens is 174 g/mol. The highest BCUT2D eigenvalue weighted by Gasteiger charge is 2.06. The second kappa shape index (κ2) is 4.04. The van der Waals surface area contributed by atoms with Crippen molar-refractivity contribution in [2.75, 3.05) is 6.26 Å². The minimum absolute atomic E-state index is 0.229. The van der Waals surface area contributed by atoms with Crippen molar-refractivity contribution in [3.8, 4) is 6.07 Å². The highest BCUT2D eigenvalue weighted by Crippen LogP contribution is 2.05. The first-order valence-electron chi connectivity index (χ1n) is 3.25. The van der Waals surface area contributed by atoms with Crippen molar-refractivity contribution >= 4 is 11.2 Å². The predicted molar refractivity (Wildman–Crippen MR) is 43.7 cm³/mol. The lowest BCUT2D eigenvalue weighted by Crippen LogP contribution is -2.02. The van der Waals surface area contributed by atoms with Crippen molar-refractivity contribution in [2.24, 2.45) is 0 Å². The molecule has 4 nitrogen and oxygen atoms in total. The van der Waals surface area contributed by atoms with E-state index in [1.807, 2.05) is 6.07 Å². The van der Waals surface area contributed by atoms with E-state index in [1.54, 1.807) is 12.3 Å². The number of hydrogen-bond donors (Lipinski definition) is 0. The van der Waals surface area contributed by atoms with Crippen LogP contribution < -0.4 is 0 Å². The molecule has 1 aromatic rings. The Morgan fingerprint density at radius 3 is 3.00 bits per heavy atom. The second-order valence-corrected chi connectivity index (χ2v) is 3.46. The van der Waals surface area contributed by atoms with Gasteiger partial charge in [0.05, 0.1) is 18.2 Å². The molecule has 0 bridgehead atoms. The Kier molecular flexibility index (Phi) is 3.02. The van der Waals surface area contributed by atoms with Gasteiger partial charge in [0.15, 0.2) is 0 Å². The third kappa shape index (κ3) is 2.19. The third-order valence-electron chi connectivity index (χ3n) is 1.25. The van der Waals surface area contributed by atoms with Crippen LogP contribution in [0.25, 0.3) is 0 Å².